The lowest BCUT2D eigenvalue weighted by Crippen LogP contribution is -2.43. The van der Waals surface area contributed by atoms with Gasteiger partial charge >= 0.3 is 5.97 Å². The summed E-state index contributed by atoms with van der Waals surface area (Å²) in [5, 5.41) is 4.26. The van der Waals surface area contributed by atoms with E-state index in [-0.39, 0.29) is 5.97 Å². The third-order valence-electron chi connectivity index (χ3n) is 4.24. The second-order valence-corrected chi connectivity index (χ2v) is 6.82. The monoisotopic (exact) mass is 394 g/mol. The fourth-order valence-corrected chi connectivity index (χ4v) is 3.40. The minimum atomic E-state index is -0.687. The summed E-state index contributed by atoms with van der Waals surface area (Å²) in [4.78, 5) is 14.3. The van der Waals surface area contributed by atoms with E-state index in [0.29, 0.717) is 21.4 Å². The van der Waals surface area contributed by atoms with Gasteiger partial charge in [-0.2, -0.15) is 0 Å². The van der Waals surface area contributed by atoms with Crippen LogP contribution in [0.4, 0.5) is 11.4 Å². The molecule has 0 spiro atoms. The normalized spacial score (nSPS) is 15.7. The number of halogens is 1. The quantitative estimate of drug-likeness (QED) is 0.464. The lowest BCUT2D eigenvalue weighted by molar-refractivity contribution is 0.0286. The average molecular weight is 395 g/mol. The summed E-state index contributed by atoms with van der Waals surface area (Å²) >= 11 is 11.7. The standard InChI is InChI=1S/C21H15ClN2O2S/c22-15-12-10-14(11-13-15)19-24(21(27)23-16-6-2-1-3-7-16)18-9-5-4-8-17(18)20(25)26-19/h1-13,19H,(H,23,27). The summed E-state index contributed by atoms with van der Waals surface area (Å²) in [5.74, 6) is -0.385. The van der Waals surface area contributed by atoms with Crippen molar-refractivity contribution in [3.8, 4) is 0 Å². The number of hydrogen-bond acceptors (Lipinski definition) is 3. The summed E-state index contributed by atoms with van der Waals surface area (Å²) in [7, 11) is 0. The number of thiocarbonyl (C=S) groups is 1. The molecule has 27 heavy (non-hydrogen) atoms. The minimum absolute atomic E-state index is 0.385. The van der Waals surface area contributed by atoms with E-state index in [0.717, 1.165) is 11.3 Å². The zero-order valence-corrected chi connectivity index (χ0v) is 15.7. The zero-order valence-electron chi connectivity index (χ0n) is 14.1. The molecule has 6 heteroatoms. The maximum atomic E-state index is 12.5. The molecule has 3 aromatic carbocycles. The molecule has 1 heterocycles. The van der Waals surface area contributed by atoms with Crippen LogP contribution < -0.4 is 10.2 Å². The molecule has 1 aliphatic rings. The van der Waals surface area contributed by atoms with Crippen LogP contribution in [0.5, 0.6) is 0 Å². The molecule has 4 rings (SSSR count). The Morgan fingerprint density at radius 2 is 1.63 bits per heavy atom. The van der Waals surface area contributed by atoms with Gasteiger partial charge in [-0.05, 0) is 48.6 Å². The Morgan fingerprint density at radius 3 is 2.37 bits per heavy atom. The average Bonchev–Trinajstić information content (AvgIpc) is 2.69. The number of rotatable bonds is 2. The van der Waals surface area contributed by atoms with Gasteiger partial charge in [0.2, 0.25) is 6.23 Å². The second kappa shape index (κ2) is 7.39. The molecule has 1 aliphatic heterocycles. The number of ether oxygens (including phenoxy) is 1. The number of hydrogen-bond donors (Lipinski definition) is 1. The molecular weight excluding hydrogens is 380 g/mol. The SMILES string of the molecule is O=C1OC(c2ccc(Cl)cc2)N(C(=S)Nc2ccccc2)c2ccccc21. The highest BCUT2D eigenvalue weighted by atomic mass is 35.5. The number of carbonyl (C=O) groups is 1. The van der Waals surface area contributed by atoms with Gasteiger partial charge in [-0.1, -0.05) is 54.1 Å². The molecule has 0 bridgehead atoms. The summed E-state index contributed by atoms with van der Waals surface area (Å²) < 4.78 is 5.73. The molecule has 134 valence electrons. The van der Waals surface area contributed by atoms with Crippen molar-refractivity contribution in [2.75, 3.05) is 10.2 Å². The molecule has 0 saturated heterocycles. The van der Waals surface area contributed by atoms with Crippen molar-refractivity contribution in [1.82, 2.24) is 0 Å². The zero-order chi connectivity index (χ0) is 18.8. The molecule has 0 amide bonds. The van der Waals surface area contributed by atoms with Gasteiger partial charge in [0, 0.05) is 16.3 Å². The molecule has 1 unspecified atom stereocenters. The van der Waals surface area contributed by atoms with Crippen LogP contribution in [0, 0.1) is 0 Å². The topological polar surface area (TPSA) is 41.6 Å². The highest BCUT2D eigenvalue weighted by molar-refractivity contribution is 7.80. The fourth-order valence-electron chi connectivity index (χ4n) is 2.97. The molecule has 0 fully saturated rings. The maximum absolute atomic E-state index is 12.5. The van der Waals surface area contributed by atoms with Crippen LogP contribution in [-0.4, -0.2) is 11.1 Å². The number of benzene rings is 3. The van der Waals surface area contributed by atoms with E-state index in [2.05, 4.69) is 5.32 Å². The first-order chi connectivity index (χ1) is 13.1. The number of carbonyl (C=O) groups excluding carboxylic acids is 1. The number of cyclic esters (lactones) is 1. The van der Waals surface area contributed by atoms with E-state index in [4.69, 9.17) is 28.6 Å². The molecule has 0 aromatic heterocycles. The molecule has 0 saturated carbocycles. The fraction of sp³-hybridized carbons (Fsp3) is 0.0476. The van der Waals surface area contributed by atoms with Gasteiger partial charge in [0.05, 0.1) is 11.3 Å². The van der Waals surface area contributed by atoms with Crippen molar-refractivity contribution in [2.45, 2.75) is 6.23 Å². The molecular formula is C21H15ClN2O2S. The van der Waals surface area contributed by atoms with Gasteiger partial charge in [0.15, 0.2) is 5.11 Å². The Balaban J connectivity index is 1.76. The van der Waals surface area contributed by atoms with Crippen molar-refractivity contribution >= 4 is 46.3 Å². The van der Waals surface area contributed by atoms with Crippen molar-refractivity contribution in [1.29, 1.82) is 0 Å². The minimum Gasteiger partial charge on any atom is -0.433 e. The summed E-state index contributed by atoms with van der Waals surface area (Å²) in [6.07, 6.45) is -0.687. The summed E-state index contributed by atoms with van der Waals surface area (Å²) in [5.41, 5.74) is 2.80. The number of para-hydroxylation sites is 2. The van der Waals surface area contributed by atoms with E-state index in [9.17, 15) is 4.79 Å². The van der Waals surface area contributed by atoms with Gasteiger partial charge in [0.25, 0.3) is 0 Å². The van der Waals surface area contributed by atoms with E-state index >= 15 is 0 Å². The first kappa shape index (κ1) is 17.5. The van der Waals surface area contributed by atoms with Crippen molar-refractivity contribution < 1.29 is 9.53 Å². The van der Waals surface area contributed by atoms with Crippen LogP contribution in [0.3, 0.4) is 0 Å². The first-order valence-electron chi connectivity index (χ1n) is 8.34. The number of fused-ring (bicyclic) bond motifs is 1. The van der Waals surface area contributed by atoms with Gasteiger partial charge in [-0.25, -0.2) is 4.79 Å². The molecule has 0 radical (unpaired) electrons. The van der Waals surface area contributed by atoms with Crippen LogP contribution in [0.2, 0.25) is 5.02 Å². The van der Waals surface area contributed by atoms with Crippen LogP contribution in [-0.2, 0) is 4.74 Å². The Hall–Kier alpha value is -2.89. The Bertz CT molecular complexity index is 993. The number of nitrogens with one attached hydrogen (secondary N) is 1. The van der Waals surface area contributed by atoms with Crippen LogP contribution >= 0.6 is 23.8 Å². The molecule has 1 atom stereocenters. The Kier molecular flexibility index (Phi) is 4.79. The maximum Gasteiger partial charge on any atom is 0.342 e. The number of nitrogens with zero attached hydrogens (tertiary/aromatic N) is 1. The third kappa shape index (κ3) is 3.52. The lowest BCUT2D eigenvalue weighted by Gasteiger charge is -2.38. The number of esters is 1. The van der Waals surface area contributed by atoms with Gasteiger partial charge in [-0.15, -0.1) is 0 Å². The van der Waals surface area contributed by atoms with E-state index in [1.165, 1.54) is 0 Å². The lowest BCUT2D eigenvalue weighted by atomic mass is 10.1. The van der Waals surface area contributed by atoms with E-state index in [1.807, 2.05) is 59.5 Å². The summed E-state index contributed by atoms with van der Waals surface area (Å²) in [6.45, 7) is 0. The first-order valence-corrected chi connectivity index (χ1v) is 9.13. The molecule has 0 aliphatic carbocycles. The summed E-state index contributed by atoms with van der Waals surface area (Å²) in [6, 6.07) is 24.1. The number of anilines is 2. The Morgan fingerprint density at radius 1 is 0.963 bits per heavy atom. The van der Waals surface area contributed by atoms with E-state index < -0.39 is 6.23 Å². The second-order valence-electron chi connectivity index (χ2n) is 5.99. The van der Waals surface area contributed by atoms with Crippen LogP contribution in [0.25, 0.3) is 0 Å². The third-order valence-corrected chi connectivity index (χ3v) is 4.79. The van der Waals surface area contributed by atoms with Crippen LogP contribution in [0.15, 0.2) is 78.9 Å². The van der Waals surface area contributed by atoms with Crippen LogP contribution in [0.1, 0.15) is 22.1 Å². The molecule has 4 nitrogen and oxygen atoms in total. The Labute approximate surface area is 167 Å². The van der Waals surface area contributed by atoms with Crippen molar-refractivity contribution in [2.24, 2.45) is 0 Å². The molecule has 1 N–H and O–H groups in total. The predicted molar refractivity (Wildman–Crippen MR) is 111 cm³/mol. The van der Waals surface area contributed by atoms with Gasteiger partial charge in [0.1, 0.15) is 0 Å². The highest BCUT2D eigenvalue weighted by Gasteiger charge is 2.36. The van der Waals surface area contributed by atoms with Crippen molar-refractivity contribution in [3.05, 3.63) is 95.0 Å². The highest BCUT2D eigenvalue weighted by Crippen LogP contribution is 2.37. The smallest absolute Gasteiger partial charge is 0.342 e. The predicted octanol–water partition coefficient (Wildman–Crippen LogP) is 5.41. The van der Waals surface area contributed by atoms with Crippen molar-refractivity contribution in [3.63, 3.8) is 0 Å². The largest absolute Gasteiger partial charge is 0.433 e. The molecule has 3 aromatic rings. The van der Waals surface area contributed by atoms with Gasteiger partial charge in [-0.3, -0.25) is 4.90 Å². The van der Waals surface area contributed by atoms with Gasteiger partial charge < -0.3 is 10.1 Å². The van der Waals surface area contributed by atoms with E-state index in [1.54, 1.807) is 24.3 Å².